The van der Waals surface area contributed by atoms with E-state index in [-0.39, 0.29) is 12.3 Å². The number of aromatic carboxylic acids is 1. The highest BCUT2D eigenvalue weighted by atomic mass is 19.4. The van der Waals surface area contributed by atoms with Crippen molar-refractivity contribution in [3.63, 3.8) is 0 Å². The van der Waals surface area contributed by atoms with Gasteiger partial charge in [-0.15, -0.1) is 0 Å². The van der Waals surface area contributed by atoms with Gasteiger partial charge in [-0.3, -0.25) is 0 Å². The van der Waals surface area contributed by atoms with Gasteiger partial charge in [0.15, 0.2) is 0 Å². The highest BCUT2D eigenvalue weighted by Gasteiger charge is 2.29. The molecule has 2 rings (SSSR count). The molecule has 1 heterocycles. The summed E-state index contributed by atoms with van der Waals surface area (Å²) in [6.07, 6.45) is -3.98. The molecule has 6 heteroatoms. The summed E-state index contributed by atoms with van der Waals surface area (Å²) in [4.78, 5) is 13.2. The molecule has 0 radical (unpaired) electrons. The first-order valence-corrected chi connectivity index (χ1v) is 6.98. The van der Waals surface area contributed by atoms with Gasteiger partial charge in [0.25, 0.3) is 0 Å². The van der Waals surface area contributed by atoms with Crippen LogP contribution in [0.2, 0.25) is 0 Å². The molecule has 1 aromatic carbocycles. The third-order valence-electron chi connectivity index (χ3n) is 3.84. The molecule has 1 aliphatic heterocycles. The fraction of sp³-hybridized carbons (Fsp3) is 0.533. The zero-order chi connectivity index (χ0) is 15.5. The quantitative estimate of drug-likeness (QED) is 0.904. The topological polar surface area (TPSA) is 40.5 Å². The number of hydrogen-bond donors (Lipinski definition) is 1. The summed E-state index contributed by atoms with van der Waals surface area (Å²) in [5.41, 5.74) is 1.07. The Morgan fingerprint density at radius 3 is 2.71 bits per heavy atom. The molecule has 0 spiro atoms. The van der Waals surface area contributed by atoms with Crippen LogP contribution in [-0.4, -0.2) is 41.8 Å². The summed E-state index contributed by atoms with van der Waals surface area (Å²) >= 11 is 0. The van der Waals surface area contributed by atoms with Crippen molar-refractivity contribution in [3.8, 4) is 0 Å². The predicted molar refractivity (Wildman–Crippen MR) is 72.5 cm³/mol. The average Bonchev–Trinajstić information content (AvgIpc) is 2.86. The van der Waals surface area contributed by atoms with E-state index in [1.54, 1.807) is 24.3 Å². The van der Waals surface area contributed by atoms with Crippen molar-refractivity contribution < 1.29 is 23.1 Å². The van der Waals surface area contributed by atoms with Crippen molar-refractivity contribution in [2.75, 3.05) is 19.6 Å². The number of hydrogen-bond acceptors (Lipinski definition) is 2. The number of nitrogens with zero attached hydrogens (tertiary/aromatic N) is 1. The van der Waals surface area contributed by atoms with Crippen molar-refractivity contribution in [3.05, 3.63) is 35.4 Å². The molecule has 3 nitrogen and oxygen atoms in total. The summed E-state index contributed by atoms with van der Waals surface area (Å²) in [6.45, 7) is 1.75. The maximum absolute atomic E-state index is 12.1. The summed E-state index contributed by atoms with van der Waals surface area (Å²) < 4.78 is 36.4. The van der Waals surface area contributed by atoms with Gasteiger partial charge in [0, 0.05) is 13.0 Å². The van der Waals surface area contributed by atoms with Crippen LogP contribution in [0.3, 0.4) is 0 Å². The van der Waals surface area contributed by atoms with Gasteiger partial charge in [0.1, 0.15) is 0 Å². The highest BCUT2D eigenvalue weighted by molar-refractivity contribution is 5.89. The van der Waals surface area contributed by atoms with Gasteiger partial charge in [-0.25, -0.2) is 4.79 Å². The molecule has 1 aromatic rings. The smallest absolute Gasteiger partial charge is 0.389 e. The lowest BCUT2D eigenvalue weighted by Crippen LogP contribution is -2.23. The Bertz CT molecular complexity index is 502. The van der Waals surface area contributed by atoms with Crippen LogP contribution in [0.1, 0.15) is 41.1 Å². The molecule has 1 saturated heterocycles. The van der Waals surface area contributed by atoms with Crippen LogP contribution in [0.25, 0.3) is 0 Å². The Hall–Kier alpha value is -1.56. The fourth-order valence-corrected chi connectivity index (χ4v) is 2.84. The Labute approximate surface area is 121 Å². The minimum atomic E-state index is -4.10. The van der Waals surface area contributed by atoms with Crippen LogP contribution in [0.4, 0.5) is 13.2 Å². The monoisotopic (exact) mass is 301 g/mol. The van der Waals surface area contributed by atoms with Gasteiger partial charge >= 0.3 is 12.1 Å². The van der Waals surface area contributed by atoms with Gasteiger partial charge in [0.05, 0.1) is 5.56 Å². The van der Waals surface area contributed by atoms with Crippen LogP contribution in [0.15, 0.2) is 24.3 Å². The molecular formula is C15H18F3NO2. The lowest BCUT2D eigenvalue weighted by molar-refractivity contribution is -0.136. The summed E-state index contributed by atoms with van der Waals surface area (Å²) in [5, 5.41) is 9.18. The van der Waals surface area contributed by atoms with Gasteiger partial charge < -0.3 is 10.0 Å². The lowest BCUT2D eigenvalue weighted by Gasteiger charge is -2.17. The Balaban J connectivity index is 1.92. The van der Waals surface area contributed by atoms with Crippen LogP contribution < -0.4 is 0 Å². The molecule has 21 heavy (non-hydrogen) atoms. The first-order chi connectivity index (χ1) is 9.87. The van der Waals surface area contributed by atoms with Crippen molar-refractivity contribution in [1.82, 2.24) is 4.90 Å². The number of carboxylic acids is 1. The van der Waals surface area contributed by atoms with E-state index in [4.69, 9.17) is 0 Å². The molecular weight excluding hydrogens is 283 g/mol. The highest BCUT2D eigenvalue weighted by Crippen LogP contribution is 2.30. The number of carboxylic acid groups (broad SMARTS) is 1. The predicted octanol–water partition coefficient (Wildman–Crippen LogP) is 3.52. The average molecular weight is 301 g/mol. The number of rotatable bonds is 5. The fourth-order valence-electron chi connectivity index (χ4n) is 2.84. The number of benzene rings is 1. The summed E-state index contributed by atoms with van der Waals surface area (Å²) in [5.74, 6) is -0.871. The molecule has 0 saturated carbocycles. The van der Waals surface area contributed by atoms with E-state index in [1.165, 1.54) is 0 Å². The number of alkyl halides is 3. The third kappa shape index (κ3) is 4.46. The van der Waals surface area contributed by atoms with E-state index < -0.39 is 18.6 Å². The Morgan fingerprint density at radius 1 is 1.33 bits per heavy atom. The normalized spacial score (nSPS) is 19.9. The largest absolute Gasteiger partial charge is 0.478 e. The molecule has 1 aliphatic rings. The second-order valence-electron chi connectivity index (χ2n) is 5.40. The summed E-state index contributed by atoms with van der Waals surface area (Å²) in [7, 11) is 0. The first kappa shape index (κ1) is 15.8. The molecule has 116 valence electrons. The summed E-state index contributed by atoms with van der Waals surface area (Å²) in [6, 6.07) is 6.86. The van der Waals surface area contributed by atoms with Crippen LogP contribution in [0, 0.1) is 0 Å². The minimum Gasteiger partial charge on any atom is -0.478 e. The van der Waals surface area contributed by atoms with Crippen molar-refractivity contribution in [1.29, 1.82) is 0 Å². The number of carbonyl (C=O) groups is 1. The van der Waals surface area contributed by atoms with E-state index in [1.807, 2.05) is 4.90 Å². The Kier molecular flexibility index (Phi) is 4.88. The molecule has 0 aromatic heterocycles. The maximum Gasteiger partial charge on any atom is 0.389 e. The number of likely N-dealkylation sites (tertiary alicyclic amines) is 1. The molecule has 1 fully saturated rings. The third-order valence-corrected chi connectivity index (χ3v) is 3.84. The van der Waals surface area contributed by atoms with E-state index in [9.17, 15) is 23.1 Å². The molecule has 0 bridgehead atoms. The standard InChI is InChI=1S/C15H18F3NO2/c16-15(17,18)7-3-8-19-9-6-11(10-19)12-4-1-2-5-13(12)14(20)21/h1-2,4-5,11H,3,6-10H2,(H,20,21). The zero-order valence-corrected chi connectivity index (χ0v) is 11.6. The minimum absolute atomic E-state index is 0.0863. The molecule has 1 unspecified atom stereocenters. The maximum atomic E-state index is 12.1. The second-order valence-corrected chi connectivity index (χ2v) is 5.40. The van der Waals surface area contributed by atoms with E-state index in [2.05, 4.69) is 0 Å². The molecule has 1 N–H and O–H groups in total. The molecule has 1 atom stereocenters. The lowest BCUT2D eigenvalue weighted by atomic mass is 9.93. The Morgan fingerprint density at radius 2 is 2.05 bits per heavy atom. The van der Waals surface area contributed by atoms with Crippen molar-refractivity contribution in [2.45, 2.75) is 31.4 Å². The zero-order valence-electron chi connectivity index (χ0n) is 11.6. The second kappa shape index (κ2) is 6.47. The van der Waals surface area contributed by atoms with Crippen LogP contribution >= 0.6 is 0 Å². The number of halogens is 3. The van der Waals surface area contributed by atoms with E-state index >= 15 is 0 Å². The van der Waals surface area contributed by atoms with Gasteiger partial charge in [-0.1, -0.05) is 18.2 Å². The van der Waals surface area contributed by atoms with Gasteiger partial charge in [-0.05, 0) is 43.5 Å². The van der Waals surface area contributed by atoms with Crippen LogP contribution in [-0.2, 0) is 0 Å². The van der Waals surface area contributed by atoms with E-state index in [0.717, 1.165) is 18.5 Å². The first-order valence-electron chi connectivity index (χ1n) is 6.98. The van der Waals surface area contributed by atoms with Gasteiger partial charge in [-0.2, -0.15) is 13.2 Å². The molecule has 0 aliphatic carbocycles. The molecule has 0 amide bonds. The van der Waals surface area contributed by atoms with Crippen LogP contribution in [0.5, 0.6) is 0 Å². The SMILES string of the molecule is O=C(O)c1ccccc1C1CCN(CCCC(F)(F)F)C1. The van der Waals surface area contributed by atoms with Crippen molar-refractivity contribution in [2.24, 2.45) is 0 Å². The van der Waals surface area contributed by atoms with Crippen molar-refractivity contribution >= 4 is 5.97 Å². The van der Waals surface area contributed by atoms with Gasteiger partial charge in [0.2, 0.25) is 0 Å². The van der Waals surface area contributed by atoms with E-state index in [0.29, 0.717) is 18.7 Å².